The fourth-order valence-corrected chi connectivity index (χ4v) is 1.90. The van der Waals surface area contributed by atoms with E-state index in [1.54, 1.807) is 6.92 Å². The molecule has 0 radical (unpaired) electrons. The van der Waals surface area contributed by atoms with E-state index in [1.807, 2.05) is 0 Å². The Kier molecular flexibility index (Phi) is 3.97. The van der Waals surface area contributed by atoms with E-state index in [4.69, 9.17) is 0 Å². The van der Waals surface area contributed by atoms with Gasteiger partial charge in [-0.1, -0.05) is 11.6 Å². The Morgan fingerprint density at radius 1 is 1.10 bits per heavy atom. The highest BCUT2D eigenvalue weighted by Crippen LogP contribution is 2.31. The van der Waals surface area contributed by atoms with Gasteiger partial charge in [0.15, 0.2) is 0 Å². The molecule has 21 heavy (non-hydrogen) atoms. The van der Waals surface area contributed by atoms with Crippen LogP contribution in [0, 0.1) is 12.7 Å². The largest absolute Gasteiger partial charge is 0.573 e. The summed E-state index contributed by atoms with van der Waals surface area (Å²) in [6.45, 7) is 1.72. The molecule has 0 aromatic heterocycles. The lowest BCUT2D eigenvalue weighted by Crippen LogP contribution is -2.17. The third kappa shape index (κ3) is 3.81. The predicted molar refractivity (Wildman–Crippen MR) is 68.6 cm³/mol. The normalized spacial score (nSPS) is 11.3. The van der Waals surface area contributed by atoms with Crippen LogP contribution >= 0.6 is 0 Å². The number of hydrogen-bond donors (Lipinski definition) is 0. The highest BCUT2D eigenvalue weighted by Gasteiger charge is 2.31. The van der Waals surface area contributed by atoms with Crippen LogP contribution in [-0.4, -0.2) is 12.6 Å². The van der Waals surface area contributed by atoms with Crippen LogP contribution in [0.1, 0.15) is 15.9 Å². The number of carbonyl (C=O) groups excluding carboxylic acids is 1. The minimum Gasteiger partial charge on any atom is -0.406 e. The quantitative estimate of drug-likeness (QED) is 0.615. The second-order valence-corrected chi connectivity index (χ2v) is 4.44. The molecule has 0 amide bonds. The molecular weight excluding hydrogens is 288 g/mol. The molecule has 2 aromatic rings. The number of halogens is 4. The highest BCUT2D eigenvalue weighted by molar-refractivity contribution is 5.80. The molecule has 0 saturated carbocycles. The Hall–Kier alpha value is -2.37. The predicted octanol–water partition coefficient (Wildman–Crippen LogP) is 4.51. The zero-order chi connectivity index (χ0) is 15.6. The zero-order valence-corrected chi connectivity index (χ0v) is 10.9. The van der Waals surface area contributed by atoms with Crippen molar-refractivity contribution in [3.8, 4) is 16.9 Å². The van der Waals surface area contributed by atoms with Gasteiger partial charge in [0.25, 0.3) is 0 Å². The van der Waals surface area contributed by atoms with Gasteiger partial charge < -0.3 is 4.74 Å². The van der Waals surface area contributed by atoms with Crippen molar-refractivity contribution < 1.29 is 27.1 Å². The summed E-state index contributed by atoms with van der Waals surface area (Å²) in [6.07, 6.45) is -4.51. The summed E-state index contributed by atoms with van der Waals surface area (Å²) in [4.78, 5) is 10.8. The summed E-state index contributed by atoms with van der Waals surface area (Å²) in [5.41, 5.74) is 0.944. The lowest BCUT2D eigenvalue weighted by atomic mass is 10.0. The van der Waals surface area contributed by atoms with Crippen LogP contribution in [0.15, 0.2) is 36.4 Å². The van der Waals surface area contributed by atoms with E-state index in [-0.39, 0.29) is 16.7 Å². The first-order chi connectivity index (χ1) is 9.78. The number of aryl methyl sites for hydroxylation is 1. The second kappa shape index (κ2) is 5.55. The molecule has 0 N–H and O–H groups in total. The fraction of sp³-hybridized carbons (Fsp3) is 0.133. The maximum atomic E-state index is 13.8. The number of carbonyl (C=O) groups is 1. The van der Waals surface area contributed by atoms with Crippen molar-refractivity contribution in [2.24, 2.45) is 0 Å². The van der Waals surface area contributed by atoms with Crippen molar-refractivity contribution in [3.05, 3.63) is 53.3 Å². The molecular formula is C15H10F4O2. The molecule has 0 unspecified atom stereocenters. The Labute approximate surface area is 118 Å². The number of hydrogen-bond acceptors (Lipinski definition) is 2. The molecule has 0 fully saturated rings. The highest BCUT2D eigenvalue weighted by atomic mass is 19.4. The lowest BCUT2D eigenvalue weighted by molar-refractivity contribution is -0.274. The van der Waals surface area contributed by atoms with Gasteiger partial charge in [0.2, 0.25) is 0 Å². The van der Waals surface area contributed by atoms with Gasteiger partial charge in [0.1, 0.15) is 17.9 Å². The van der Waals surface area contributed by atoms with Crippen LogP contribution in [-0.2, 0) is 0 Å². The van der Waals surface area contributed by atoms with Crippen LogP contribution in [0.25, 0.3) is 11.1 Å². The number of ether oxygens (including phenoxy) is 1. The maximum absolute atomic E-state index is 13.8. The van der Waals surface area contributed by atoms with Crippen molar-refractivity contribution >= 4 is 6.29 Å². The van der Waals surface area contributed by atoms with Crippen LogP contribution in [0.5, 0.6) is 5.75 Å². The topological polar surface area (TPSA) is 26.3 Å². The maximum Gasteiger partial charge on any atom is 0.573 e. The average molecular weight is 298 g/mol. The van der Waals surface area contributed by atoms with E-state index >= 15 is 0 Å². The summed E-state index contributed by atoms with van der Waals surface area (Å²) in [5.74, 6) is -1.16. The SMILES string of the molecule is Cc1ccc(F)c(-c2cc(C=O)cc(OC(F)(F)F)c2)c1. The van der Waals surface area contributed by atoms with Gasteiger partial charge >= 0.3 is 6.36 Å². The van der Waals surface area contributed by atoms with E-state index in [2.05, 4.69) is 4.74 Å². The van der Waals surface area contributed by atoms with Crippen LogP contribution in [0.4, 0.5) is 17.6 Å². The zero-order valence-electron chi connectivity index (χ0n) is 10.9. The van der Waals surface area contributed by atoms with E-state index in [0.717, 1.165) is 17.7 Å². The molecule has 0 aliphatic rings. The van der Waals surface area contributed by atoms with Gasteiger partial charge in [0, 0.05) is 11.1 Å². The molecule has 6 heteroatoms. The summed E-state index contributed by atoms with van der Waals surface area (Å²) in [5, 5.41) is 0. The first kappa shape index (κ1) is 15.0. The molecule has 2 nitrogen and oxygen atoms in total. The Morgan fingerprint density at radius 2 is 1.81 bits per heavy atom. The third-order valence-electron chi connectivity index (χ3n) is 2.73. The van der Waals surface area contributed by atoms with E-state index in [0.29, 0.717) is 6.29 Å². The molecule has 0 aliphatic carbocycles. The summed E-state index contributed by atoms with van der Waals surface area (Å²) < 4.78 is 54.4. The van der Waals surface area contributed by atoms with Crippen molar-refractivity contribution in [1.82, 2.24) is 0 Å². The summed E-state index contributed by atoms with van der Waals surface area (Å²) in [7, 11) is 0. The van der Waals surface area contributed by atoms with Crippen LogP contribution in [0.2, 0.25) is 0 Å². The molecule has 0 aliphatic heterocycles. The molecule has 0 saturated heterocycles. The van der Waals surface area contributed by atoms with Crippen LogP contribution < -0.4 is 4.74 Å². The van der Waals surface area contributed by atoms with Gasteiger partial charge in [-0.15, -0.1) is 13.2 Å². The minimum absolute atomic E-state index is 0.0346. The monoisotopic (exact) mass is 298 g/mol. The second-order valence-electron chi connectivity index (χ2n) is 4.44. The van der Waals surface area contributed by atoms with Gasteiger partial charge in [-0.2, -0.15) is 0 Å². The molecule has 0 heterocycles. The Bertz CT molecular complexity index is 678. The molecule has 2 aromatic carbocycles. The number of rotatable bonds is 3. The Balaban J connectivity index is 2.55. The molecule has 0 spiro atoms. The number of benzene rings is 2. The fourth-order valence-electron chi connectivity index (χ4n) is 1.90. The molecule has 110 valence electrons. The summed E-state index contributed by atoms with van der Waals surface area (Å²) in [6, 6.07) is 7.51. The first-order valence-corrected chi connectivity index (χ1v) is 5.91. The lowest BCUT2D eigenvalue weighted by Gasteiger charge is -2.12. The third-order valence-corrected chi connectivity index (χ3v) is 2.73. The van der Waals surface area contributed by atoms with E-state index < -0.39 is 17.9 Å². The molecule has 2 rings (SSSR count). The van der Waals surface area contributed by atoms with Gasteiger partial charge in [-0.05, 0) is 42.8 Å². The van der Waals surface area contributed by atoms with E-state index in [9.17, 15) is 22.4 Å². The number of aldehydes is 1. The number of alkyl halides is 3. The smallest absolute Gasteiger partial charge is 0.406 e. The average Bonchev–Trinajstić information content (AvgIpc) is 2.39. The van der Waals surface area contributed by atoms with Crippen molar-refractivity contribution in [3.63, 3.8) is 0 Å². The van der Waals surface area contributed by atoms with Crippen molar-refractivity contribution in [1.29, 1.82) is 0 Å². The van der Waals surface area contributed by atoms with Crippen molar-refractivity contribution in [2.45, 2.75) is 13.3 Å². The van der Waals surface area contributed by atoms with Gasteiger partial charge in [0.05, 0.1) is 0 Å². The summed E-state index contributed by atoms with van der Waals surface area (Å²) >= 11 is 0. The molecule has 0 bridgehead atoms. The van der Waals surface area contributed by atoms with Gasteiger partial charge in [-0.3, -0.25) is 4.79 Å². The van der Waals surface area contributed by atoms with Gasteiger partial charge in [-0.25, -0.2) is 4.39 Å². The standard InChI is InChI=1S/C15H10F4O2/c1-9-2-3-14(16)13(4-9)11-5-10(8-20)6-12(7-11)21-15(17,18)19/h2-8H,1H3. The minimum atomic E-state index is -4.88. The van der Waals surface area contributed by atoms with Crippen molar-refractivity contribution in [2.75, 3.05) is 0 Å². The Morgan fingerprint density at radius 3 is 2.43 bits per heavy atom. The molecule has 0 atom stereocenters. The first-order valence-electron chi connectivity index (χ1n) is 5.91. The van der Waals surface area contributed by atoms with E-state index in [1.165, 1.54) is 24.3 Å². The van der Waals surface area contributed by atoms with Crippen LogP contribution in [0.3, 0.4) is 0 Å².